The van der Waals surface area contributed by atoms with Gasteiger partial charge in [-0.2, -0.15) is 0 Å². The summed E-state index contributed by atoms with van der Waals surface area (Å²) in [6, 6.07) is 0. The number of hydrogen-bond acceptors (Lipinski definition) is 1. The van der Waals surface area contributed by atoms with E-state index in [4.69, 9.17) is 4.74 Å². The highest BCUT2D eigenvalue weighted by atomic mass is 16.5. The van der Waals surface area contributed by atoms with Crippen molar-refractivity contribution in [2.75, 3.05) is 6.61 Å². The highest BCUT2D eigenvalue weighted by Crippen LogP contribution is 2.06. The summed E-state index contributed by atoms with van der Waals surface area (Å²) in [6.45, 7) is 4.35. The van der Waals surface area contributed by atoms with E-state index < -0.39 is 0 Å². The molecule has 0 bridgehead atoms. The second-order valence-electron chi connectivity index (χ2n) is 2.56. The highest BCUT2D eigenvalue weighted by molar-refractivity contribution is 5.22. The number of allylic oxidation sites excluding steroid dienone is 5. The Bertz CT molecular complexity index is 221. The van der Waals surface area contributed by atoms with Gasteiger partial charge in [0, 0.05) is 0 Å². The maximum atomic E-state index is 5.46. The molecule has 0 fully saturated rings. The summed E-state index contributed by atoms with van der Waals surface area (Å²) in [4.78, 5) is 0. The summed E-state index contributed by atoms with van der Waals surface area (Å²) in [5.41, 5.74) is 0. The summed E-state index contributed by atoms with van der Waals surface area (Å²) in [5, 5.41) is 0. The smallest absolute Gasteiger partial charge is 0.118 e. The molecule has 0 aromatic rings. The molecular weight excluding hydrogens is 148 g/mol. The van der Waals surface area contributed by atoms with Gasteiger partial charge in [0.1, 0.15) is 5.76 Å². The fraction of sp³-hybridized carbons (Fsp3) is 0.273. The summed E-state index contributed by atoms with van der Waals surface area (Å²) in [5.74, 6) is 0.936. The van der Waals surface area contributed by atoms with Gasteiger partial charge in [-0.3, -0.25) is 0 Å². The third-order valence-electron chi connectivity index (χ3n) is 1.54. The van der Waals surface area contributed by atoms with Crippen molar-refractivity contribution in [3.8, 4) is 0 Å². The van der Waals surface area contributed by atoms with Gasteiger partial charge in [0.2, 0.25) is 0 Å². The summed E-state index contributed by atoms with van der Waals surface area (Å²) >= 11 is 0. The van der Waals surface area contributed by atoms with Crippen LogP contribution in [0.1, 0.15) is 12.8 Å². The fourth-order valence-electron chi connectivity index (χ4n) is 0.916. The van der Waals surface area contributed by atoms with Crippen molar-refractivity contribution < 1.29 is 4.74 Å². The number of hydrogen-bond donors (Lipinski definition) is 0. The first-order chi connectivity index (χ1) is 5.93. The van der Waals surface area contributed by atoms with Crippen molar-refractivity contribution >= 4 is 0 Å². The first-order valence-electron chi connectivity index (χ1n) is 4.20. The predicted molar refractivity (Wildman–Crippen MR) is 51.7 cm³/mol. The van der Waals surface area contributed by atoms with Crippen molar-refractivity contribution in [3.63, 3.8) is 0 Å². The lowest BCUT2D eigenvalue weighted by Gasteiger charge is -2.03. The molecule has 0 aliphatic heterocycles. The Kier molecular flexibility index (Phi) is 4.00. The van der Waals surface area contributed by atoms with Crippen LogP contribution in [-0.2, 0) is 4.74 Å². The van der Waals surface area contributed by atoms with E-state index in [1.165, 1.54) is 0 Å². The predicted octanol–water partition coefficient (Wildman–Crippen LogP) is 2.98. The van der Waals surface area contributed by atoms with E-state index in [0.29, 0.717) is 6.61 Å². The Hall–Kier alpha value is -1.24. The molecule has 1 rings (SSSR count). The average molecular weight is 162 g/mol. The Balaban J connectivity index is 2.34. The molecule has 0 heterocycles. The standard InChI is InChI=1S/C11H14O/c1-2-3-10-12-11-8-6-4-5-7-9-11/h2,4,6-9H,1,3,5,10H2. The number of rotatable bonds is 4. The molecule has 0 amide bonds. The van der Waals surface area contributed by atoms with Gasteiger partial charge < -0.3 is 4.74 Å². The molecule has 64 valence electrons. The van der Waals surface area contributed by atoms with Gasteiger partial charge in [0.05, 0.1) is 6.61 Å². The van der Waals surface area contributed by atoms with Gasteiger partial charge >= 0.3 is 0 Å². The lowest BCUT2D eigenvalue weighted by Crippen LogP contribution is -1.90. The normalized spacial score (nSPS) is 15.2. The van der Waals surface area contributed by atoms with Crippen LogP contribution in [0.15, 0.2) is 48.8 Å². The number of ether oxygens (including phenoxy) is 1. The third kappa shape index (κ3) is 3.24. The first-order valence-corrected chi connectivity index (χ1v) is 4.20. The third-order valence-corrected chi connectivity index (χ3v) is 1.54. The molecule has 0 atom stereocenters. The summed E-state index contributed by atoms with van der Waals surface area (Å²) in [6.07, 6.45) is 13.9. The molecule has 0 aromatic carbocycles. The molecule has 1 heteroatoms. The largest absolute Gasteiger partial charge is 0.493 e. The molecule has 0 saturated heterocycles. The lowest BCUT2D eigenvalue weighted by molar-refractivity contribution is 0.230. The van der Waals surface area contributed by atoms with E-state index >= 15 is 0 Å². The SMILES string of the molecule is C=CCCOC1=CC=CCC=C1. The van der Waals surface area contributed by atoms with Gasteiger partial charge in [-0.15, -0.1) is 6.58 Å². The quantitative estimate of drug-likeness (QED) is 0.456. The van der Waals surface area contributed by atoms with E-state index in [2.05, 4.69) is 18.7 Å². The van der Waals surface area contributed by atoms with Crippen LogP contribution in [0.5, 0.6) is 0 Å². The van der Waals surface area contributed by atoms with Gasteiger partial charge in [-0.25, -0.2) is 0 Å². The summed E-state index contributed by atoms with van der Waals surface area (Å²) < 4.78 is 5.46. The van der Waals surface area contributed by atoms with Gasteiger partial charge in [0.25, 0.3) is 0 Å². The van der Waals surface area contributed by atoms with E-state index in [9.17, 15) is 0 Å². The van der Waals surface area contributed by atoms with Crippen molar-refractivity contribution in [2.45, 2.75) is 12.8 Å². The van der Waals surface area contributed by atoms with Crippen LogP contribution in [0.2, 0.25) is 0 Å². The maximum absolute atomic E-state index is 5.46. The van der Waals surface area contributed by atoms with Crippen molar-refractivity contribution in [1.82, 2.24) is 0 Å². The topological polar surface area (TPSA) is 9.23 Å². The van der Waals surface area contributed by atoms with E-state index in [0.717, 1.165) is 18.6 Å². The molecule has 12 heavy (non-hydrogen) atoms. The molecule has 0 spiro atoms. The second-order valence-corrected chi connectivity index (χ2v) is 2.56. The van der Waals surface area contributed by atoms with Crippen LogP contribution in [0.25, 0.3) is 0 Å². The average Bonchev–Trinajstić information content (AvgIpc) is 2.33. The minimum Gasteiger partial charge on any atom is -0.493 e. The zero-order valence-corrected chi connectivity index (χ0v) is 7.20. The first kappa shape index (κ1) is 8.85. The minimum absolute atomic E-state index is 0.716. The molecule has 0 N–H and O–H groups in total. The summed E-state index contributed by atoms with van der Waals surface area (Å²) in [7, 11) is 0. The Morgan fingerprint density at radius 3 is 3.25 bits per heavy atom. The Morgan fingerprint density at radius 1 is 1.50 bits per heavy atom. The molecule has 0 aromatic heterocycles. The van der Waals surface area contributed by atoms with Crippen molar-refractivity contribution in [3.05, 3.63) is 48.8 Å². The fourth-order valence-corrected chi connectivity index (χ4v) is 0.916. The molecule has 1 nitrogen and oxygen atoms in total. The van der Waals surface area contributed by atoms with E-state index in [1.807, 2.05) is 24.3 Å². The van der Waals surface area contributed by atoms with Crippen LogP contribution in [-0.4, -0.2) is 6.61 Å². The van der Waals surface area contributed by atoms with Gasteiger partial charge in [-0.1, -0.05) is 24.3 Å². The maximum Gasteiger partial charge on any atom is 0.118 e. The Labute approximate surface area is 73.7 Å². The Morgan fingerprint density at radius 2 is 2.42 bits per heavy atom. The zero-order chi connectivity index (χ0) is 8.65. The van der Waals surface area contributed by atoms with Gasteiger partial charge in [-0.05, 0) is 25.0 Å². The monoisotopic (exact) mass is 162 g/mol. The van der Waals surface area contributed by atoms with Crippen LogP contribution in [0.3, 0.4) is 0 Å². The minimum atomic E-state index is 0.716. The van der Waals surface area contributed by atoms with Crippen LogP contribution < -0.4 is 0 Å². The van der Waals surface area contributed by atoms with Crippen LogP contribution in [0, 0.1) is 0 Å². The molecular formula is C11H14O. The van der Waals surface area contributed by atoms with Crippen LogP contribution >= 0.6 is 0 Å². The van der Waals surface area contributed by atoms with Gasteiger partial charge in [0.15, 0.2) is 0 Å². The molecule has 0 unspecified atom stereocenters. The van der Waals surface area contributed by atoms with Crippen LogP contribution in [0.4, 0.5) is 0 Å². The zero-order valence-electron chi connectivity index (χ0n) is 7.20. The van der Waals surface area contributed by atoms with E-state index in [1.54, 1.807) is 0 Å². The lowest BCUT2D eigenvalue weighted by atomic mass is 10.4. The molecule has 0 radical (unpaired) electrons. The molecule has 1 aliphatic carbocycles. The second kappa shape index (κ2) is 5.42. The van der Waals surface area contributed by atoms with Crippen molar-refractivity contribution in [2.24, 2.45) is 0 Å². The molecule has 0 saturated carbocycles. The molecule has 1 aliphatic rings. The van der Waals surface area contributed by atoms with Crippen molar-refractivity contribution in [1.29, 1.82) is 0 Å². The van der Waals surface area contributed by atoms with E-state index in [-0.39, 0.29) is 0 Å². The highest BCUT2D eigenvalue weighted by Gasteiger charge is 1.91.